The Balaban J connectivity index is 1.86. The second-order valence-corrected chi connectivity index (χ2v) is 6.56. The molecule has 0 bridgehead atoms. The fourth-order valence-electron chi connectivity index (χ4n) is 1.71. The summed E-state index contributed by atoms with van der Waals surface area (Å²) in [5, 5.41) is 0. The summed E-state index contributed by atoms with van der Waals surface area (Å²) in [6.07, 6.45) is 0.160. The Labute approximate surface area is 145 Å². The van der Waals surface area contributed by atoms with Crippen molar-refractivity contribution in [1.29, 1.82) is 0 Å². The van der Waals surface area contributed by atoms with Gasteiger partial charge in [0.25, 0.3) is 0 Å². The van der Waals surface area contributed by atoms with Gasteiger partial charge in [0.2, 0.25) is 0 Å². The first kappa shape index (κ1) is 16.2. The highest BCUT2D eigenvalue weighted by atomic mass is 127. The minimum Gasteiger partial charge on any atom is -0.457 e. The summed E-state index contributed by atoms with van der Waals surface area (Å²) in [4.78, 5) is 23.6. The van der Waals surface area contributed by atoms with Crippen molar-refractivity contribution in [3.05, 3.63) is 67.7 Å². The highest BCUT2D eigenvalue weighted by molar-refractivity contribution is 14.1. The van der Waals surface area contributed by atoms with Gasteiger partial charge >= 0.3 is 5.97 Å². The van der Waals surface area contributed by atoms with E-state index in [9.17, 15) is 9.59 Å². The number of carbonyl (C=O) groups is 2. The molecule has 0 heterocycles. The smallest absolute Gasteiger partial charge is 0.310 e. The molecule has 0 aliphatic heterocycles. The van der Waals surface area contributed by atoms with Crippen LogP contribution in [0.25, 0.3) is 0 Å². The van der Waals surface area contributed by atoms with Gasteiger partial charge in [-0.05, 0) is 52.4 Å². The van der Waals surface area contributed by atoms with Crippen molar-refractivity contribution >= 4 is 50.3 Å². The SMILES string of the molecule is O=C(Cc1ccc(Br)cc1)OCC(=O)c1cccc(I)c1. The van der Waals surface area contributed by atoms with Crippen LogP contribution in [-0.2, 0) is 16.0 Å². The minimum absolute atomic E-state index is 0.160. The lowest BCUT2D eigenvalue weighted by molar-refractivity contribution is -0.141. The van der Waals surface area contributed by atoms with Crippen molar-refractivity contribution in [1.82, 2.24) is 0 Å². The van der Waals surface area contributed by atoms with Crippen LogP contribution in [0.5, 0.6) is 0 Å². The average Bonchev–Trinajstić information content (AvgIpc) is 2.47. The van der Waals surface area contributed by atoms with Gasteiger partial charge in [0.1, 0.15) is 0 Å². The van der Waals surface area contributed by atoms with E-state index in [1.165, 1.54) is 0 Å². The molecule has 0 atom stereocenters. The largest absolute Gasteiger partial charge is 0.457 e. The fourth-order valence-corrected chi connectivity index (χ4v) is 2.52. The lowest BCUT2D eigenvalue weighted by atomic mass is 10.1. The summed E-state index contributed by atoms with van der Waals surface area (Å²) in [5.74, 6) is -0.603. The summed E-state index contributed by atoms with van der Waals surface area (Å²) in [6, 6.07) is 14.6. The second-order valence-electron chi connectivity index (χ2n) is 4.40. The molecule has 108 valence electrons. The molecule has 0 fully saturated rings. The number of ketones is 1. The quantitative estimate of drug-likeness (QED) is 0.386. The zero-order chi connectivity index (χ0) is 15.2. The van der Waals surface area contributed by atoms with Crippen LogP contribution in [0.4, 0.5) is 0 Å². The monoisotopic (exact) mass is 458 g/mol. The Bertz CT molecular complexity index is 653. The van der Waals surface area contributed by atoms with E-state index in [2.05, 4.69) is 38.5 Å². The van der Waals surface area contributed by atoms with Crippen LogP contribution < -0.4 is 0 Å². The number of Topliss-reactive ketones (excluding diaryl/α,β-unsaturated/α-hetero) is 1. The molecule has 0 aliphatic carbocycles. The van der Waals surface area contributed by atoms with Gasteiger partial charge in [0.15, 0.2) is 12.4 Å². The predicted octanol–water partition coefficient (Wildman–Crippen LogP) is 4.02. The Hall–Kier alpha value is -1.21. The van der Waals surface area contributed by atoms with Gasteiger partial charge in [-0.2, -0.15) is 0 Å². The molecule has 0 spiro atoms. The summed E-state index contributed by atoms with van der Waals surface area (Å²) < 4.78 is 6.95. The molecule has 0 aromatic heterocycles. The lowest BCUT2D eigenvalue weighted by Gasteiger charge is -2.05. The van der Waals surface area contributed by atoms with E-state index in [1.54, 1.807) is 18.2 Å². The molecule has 5 heteroatoms. The van der Waals surface area contributed by atoms with Crippen LogP contribution >= 0.6 is 38.5 Å². The summed E-state index contributed by atoms with van der Waals surface area (Å²) in [7, 11) is 0. The normalized spacial score (nSPS) is 10.2. The van der Waals surface area contributed by atoms with E-state index in [-0.39, 0.29) is 18.8 Å². The van der Waals surface area contributed by atoms with E-state index >= 15 is 0 Å². The molecular formula is C16H12BrIO3. The average molecular weight is 459 g/mol. The summed E-state index contributed by atoms with van der Waals surface area (Å²) >= 11 is 5.47. The van der Waals surface area contributed by atoms with Gasteiger partial charge < -0.3 is 4.74 Å². The first-order valence-corrected chi connectivity index (χ1v) is 8.10. The van der Waals surface area contributed by atoms with Gasteiger partial charge in [-0.15, -0.1) is 0 Å². The van der Waals surface area contributed by atoms with Crippen molar-refractivity contribution < 1.29 is 14.3 Å². The van der Waals surface area contributed by atoms with Crippen molar-refractivity contribution in [2.45, 2.75) is 6.42 Å². The second kappa shape index (κ2) is 7.70. The van der Waals surface area contributed by atoms with Crippen LogP contribution in [0.2, 0.25) is 0 Å². The molecule has 2 rings (SSSR count). The number of esters is 1. The van der Waals surface area contributed by atoms with Crippen molar-refractivity contribution in [3.63, 3.8) is 0 Å². The number of hydrogen-bond acceptors (Lipinski definition) is 3. The molecule has 0 unspecified atom stereocenters. The standard InChI is InChI=1S/C16H12BrIO3/c17-13-6-4-11(5-7-13)8-16(20)21-10-15(19)12-2-1-3-14(18)9-12/h1-7,9H,8,10H2. The Morgan fingerprint density at radius 2 is 1.81 bits per heavy atom. The summed E-state index contributed by atoms with van der Waals surface area (Å²) in [6.45, 7) is -0.227. The zero-order valence-corrected chi connectivity index (χ0v) is 14.8. The maximum Gasteiger partial charge on any atom is 0.310 e. The Morgan fingerprint density at radius 3 is 2.48 bits per heavy atom. The van der Waals surface area contributed by atoms with E-state index in [0.29, 0.717) is 5.56 Å². The van der Waals surface area contributed by atoms with Crippen molar-refractivity contribution in [2.75, 3.05) is 6.61 Å². The molecule has 0 N–H and O–H groups in total. The third-order valence-corrected chi connectivity index (χ3v) is 3.97. The van der Waals surface area contributed by atoms with Gasteiger partial charge in [-0.25, -0.2) is 0 Å². The van der Waals surface area contributed by atoms with E-state index in [0.717, 1.165) is 13.6 Å². The molecule has 0 amide bonds. The Kier molecular flexibility index (Phi) is 5.93. The number of benzene rings is 2. The number of hydrogen-bond donors (Lipinski definition) is 0. The van der Waals surface area contributed by atoms with Gasteiger partial charge in [0, 0.05) is 13.6 Å². The zero-order valence-electron chi connectivity index (χ0n) is 11.0. The van der Waals surface area contributed by atoms with E-state index in [4.69, 9.17) is 4.74 Å². The molecule has 0 aliphatic rings. The van der Waals surface area contributed by atoms with Crippen LogP contribution in [-0.4, -0.2) is 18.4 Å². The number of rotatable bonds is 5. The topological polar surface area (TPSA) is 43.4 Å². The number of halogens is 2. The highest BCUT2D eigenvalue weighted by Gasteiger charge is 2.10. The fraction of sp³-hybridized carbons (Fsp3) is 0.125. The molecule has 0 radical (unpaired) electrons. The van der Waals surface area contributed by atoms with E-state index in [1.807, 2.05) is 30.3 Å². The van der Waals surface area contributed by atoms with E-state index < -0.39 is 5.97 Å². The Morgan fingerprint density at radius 1 is 1.10 bits per heavy atom. The molecule has 2 aromatic rings. The van der Waals surface area contributed by atoms with Gasteiger partial charge in [0.05, 0.1) is 6.42 Å². The van der Waals surface area contributed by atoms with Crippen LogP contribution in [0.1, 0.15) is 15.9 Å². The maximum atomic E-state index is 11.9. The van der Waals surface area contributed by atoms with Crippen LogP contribution in [0, 0.1) is 3.57 Å². The van der Waals surface area contributed by atoms with Crippen LogP contribution in [0.15, 0.2) is 53.0 Å². The third-order valence-electron chi connectivity index (χ3n) is 2.77. The predicted molar refractivity (Wildman–Crippen MR) is 92.3 cm³/mol. The minimum atomic E-state index is -0.406. The molecule has 0 saturated carbocycles. The van der Waals surface area contributed by atoms with Crippen LogP contribution in [0.3, 0.4) is 0 Å². The number of ether oxygens (including phenoxy) is 1. The molecular weight excluding hydrogens is 447 g/mol. The lowest BCUT2D eigenvalue weighted by Crippen LogP contribution is -2.15. The first-order chi connectivity index (χ1) is 10.0. The first-order valence-electron chi connectivity index (χ1n) is 6.23. The van der Waals surface area contributed by atoms with Crippen molar-refractivity contribution in [3.8, 4) is 0 Å². The molecule has 2 aromatic carbocycles. The molecule has 0 saturated heterocycles. The van der Waals surface area contributed by atoms with Gasteiger partial charge in [-0.1, -0.05) is 40.2 Å². The van der Waals surface area contributed by atoms with Crippen molar-refractivity contribution in [2.24, 2.45) is 0 Å². The van der Waals surface area contributed by atoms with Gasteiger partial charge in [-0.3, -0.25) is 9.59 Å². The maximum absolute atomic E-state index is 11.9. The highest BCUT2D eigenvalue weighted by Crippen LogP contribution is 2.12. The molecule has 3 nitrogen and oxygen atoms in total. The third kappa shape index (κ3) is 5.24. The summed E-state index contributed by atoms with van der Waals surface area (Å²) in [5.41, 5.74) is 1.41. The molecule has 21 heavy (non-hydrogen) atoms. The number of carbonyl (C=O) groups excluding carboxylic acids is 2.